The summed E-state index contributed by atoms with van der Waals surface area (Å²) in [4.78, 5) is 16.8. The summed E-state index contributed by atoms with van der Waals surface area (Å²) >= 11 is 0. The Bertz CT molecular complexity index is 1710. The maximum atomic E-state index is 14.1. The van der Waals surface area contributed by atoms with Crippen LogP contribution in [0.3, 0.4) is 0 Å². The predicted octanol–water partition coefficient (Wildman–Crippen LogP) is 6.50. The van der Waals surface area contributed by atoms with Crippen LogP contribution < -0.4 is 5.32 Å². The van der Waals surface area contributed by atoms with E-state index in [0.717, 1.165) is 61.2 Å². The molecule has 36 heavy (non-hydrogen) atoms. The number of aromatic amines is 2. The van der Waals surface area contributed by atoms with Gasteiger partial charge in [0.05, 0.1) is 23.1 Å². The average Bonchev–Trinajstić information content (AvgIpc) is 3.46. The van der Waals surface area contributed by atoms with Gasteiger partial charge in [0, 0.05) is 58.3 Å². The van der Waals surface area contributed by atoms with E-state index in [0.29, 0.717) is 11.7 Å². The number of nitrogens with zero attached hydrogens (tertiary/aromatic N) is 4. The highest BCUT2D eigenvalue weighted by Crippen LogP contribution is 2.35. The van der Waals surface area contributed by atoms with Gasteiger partial charge in [0.25, 0.3) is 0 Å². The van der Waals surface area contributed by atoms with Gasteiger partial charge in [-0.2, -0.15) is 5.10 Å². The molecule has 0 saturated heterocycles. The molecule has 0 spiro atoms. The predicted molar refractivity (Wildman–Crippen MR) is 141 cm³/mol. The monoisotopic (exact) mass is 477 g/mol. The Hall–Kier alpha value is -4.59. The summed E-state index contributed by atoms with van der Waals surface area (Å²) in [6, 6.07) is 11.5. The molecule has 6 rings (SSSR count). The van der Waals surface area contributed by atoms with Crippen LogP contribution in [0.2, 0.25) is 0 Å². The Morgan fingerprint density at radius 1 is 0.833 bits per heavy atom. The first kappa shape index (κ1) is 21.9. The summed E-state index contributed by atoms with van der Waals surface area (Å²) in [5.41, 5.74) is 8.48. The molecule has 5 heterocycles. The smallest absolute Gasteiger partial charge is 0.155 e. The van der Waals surface area contributed by atoms with E-state index in [4.69, 9.17) is 0 Å². The Kier molecular flexibility index (Phi) is 5.21. The molecular weight excluding hydrogens is 453 g/mol. The Balaban J connectivity index is 1.45. The lowest BCUT2D eigenvalue weighted by atomic mass is 10.0. The summed E-state index contributed by atoms with van der Waals surface area (Å²) in [6.45, 7) is 6.07. The van der Waals surface area contributed by atoms with E-state index in [1.807, 2.05) is 37.6 Å². The van der Waals surface area contributed by atoms with E-state index < -0.39 is 0 Å². The van der Waals surface area contributed by atoms with Gasteiger partial charge < -0.3 is 10.3 Å². The molecule has 0 radical (unpaired) electrons. The molecule has 0 aliphatic carbocycles. The van der Waals surface area contributed by atoms with Crippen molar-refractivity contribution in [3.63, 3.8) is 0 Å². The van der Waals surface area contributed by atoms with Crippen LogP contribution in [-0.4, -0.2) is 36.2 Å². The van der Waals surface area contributed by atoms with Crippen molar-refractivity contribution in [2.24, 2.45) is 0 Å². The number of anilines is 1. The standard InChI is InChI=1S/C28H24FN7/c1-15(2)33-21-7-18(10-30-12-21)19-8-23-27(35-36-28(23)32-11-19)25-9-22-24(13-31-14-26(22)34-25)17-4-16(3)5-20(29)6-17/h4-15,33-34H,1-3H3,(H,32,35,36). The normalized spacial score (nSPS) is 11.6. The Morgan fingerprint density at radius 2 is 1.67 bits per heavy atom. The van der Waals surface area contributed by atoms with Crippen LogP contribution >= 0.6 is 0 Å². The fourth-order valence-corrected chi connectivity index (χ4v) is 4.58. The SMILES string of the molecule is Cc1cc(F)cc(-c2cncc3[nH]c(-c4n[nH]c5ncc(-c6cncc(NC(C)C)c6)cc45)cc23)c1. The van der Waals surface area contributed by atoms with Crippen molar-refractivity contribution in [1.29, 1.82) is 0 Å². The number of aryl methyl sites for hydroxylation is 1. The Morgan fingerprint density at radius 3 is 2.50 bits per heavy atom. The van der Waals surface area contributed by atoms with Crippen LogP contribution in [0.15, 0.2) is 67.4 Å². The largest absolute Gasteiger partial charge is 0.382 e. The van der Waals surface area contributed by atoms with E-state index in [2.05, 4.69) is 61.4 Å². The van der Waals surface area contributed by atoms with Crippen molar-refractivity contribution in [2.45, 2.75) is 26.8 Å². The van der Waals surface area contributed by atoms with Gasteiger partial charge in [-0.05, 0) is 62.2 Å². The van der Waals surface area contributed by atoms with Crippen molar-refractivity contribution in [1.82, 2.24) is 30.1 Å². The van der Waals surface area contributed by atoms with Crippen LogP contribution in [0.5, 0.6) is 0 Å². The minimum Gasteiger partial charge on any atom is -0.382 e. The third-order valence-electron chi connectivity index (χ3n) is 6.10. The molecule has 0 atom stereocenters. The van der Waals surface area contributed by atoms with Crippen LogP contribution in [0.25, 0.3) is 55.6 Å². The van der Waals surface area contributed by atoms with Gasteiger partial charge in [-0.15, -0.1) is 0 Å². The molecule has 5 aromatic heterocycles. The summed E-state index contributed by atoms with van der Waals surface area (Å²) in [7, 11) is 0. The second-order valence-corrected chi connectivity index (χ2v) is 9.30. The lowest BCUT2D eigenvalue weighted by Crippen LogP contribution is -2.09. The highest BCUT2D eigenvalue weighted by molar-refractivity contribution is 6.00. The number of hydrogen-bond donors (Lipinski definition) is 3. The number of aromatic nitrogens is 6. The van der Waals surface area contributed by atoms with Crippen LogP contribution in [0, 0.1) is 12.7 Å². The fourth-order valence-electron chi connectivity index (χ4n) is 4.58. The number of halogens is 1. The molecule has 6 aromatic rings. The number of benzene rings is 1. The maximum absolute atomic E-state index is 14.1. The van der Waals surface area contributed by atoms with Crippen molar-refractivity contribution in [3.8, 4) is 33.6 Å². The van der Waals surface area contributed by atoms with Gasteiger partial charge in [-0.25, -0.2) is 9.37 Å². The van der Waals surface area contributed by atoms with E-state index in [9.17, 15) is 4.39 Å². The summed E-state index contributed by atoms with van der Waals surface area (Å²) in [5, 5.41) is 12.8. The molecule has 3 N–H and O–H groups in total. The topological polar surface area (TPSA) is 95.2 Å². The van der Waals surface area contributed by atoms with Crippen LogP contribution in [0.4, 0.5) is 10.1 Å². The summed E-state index contributed by atoms with van der Waals surface area (Å²) < 4.78 is 14.1. The lowest BCUT2D eigenvalue weighted by Gasteiger charge is -2.10. The average molecular weight is 478 g/mol. The van der Waals surface area contributed by atoms with Gasteiger partial charge in [-0.3, -0.25) is 15.1 Å². The zero-order valence-electron chi connectivity index (χ0n) is 20.1. The van der Waals surface area contributed by atoms with Gasteiger partial charge in [0.1, 0.15) is 11.5 Å². The second-order valence-electron chi connectivity index (χ2n) is 9.30. The highest BCUT2D eigenvalue weighted by atomic mass is 19.1. The molecule has 0 unspecified atom stereocenters. The van der Waals surface area contributed by atoms with Gasteiger partial charge >= 0.3 is 0 Å². The third kappa shape index (κ3) is 3.96. The molecular formula is C28H24FN7. The van der Waals surface area contributed by atoms with Gasteiger partial charge in [-0.1, -0.05) is 6.07 Å². The van der Waals surface area contributed by atoms with Crippen molar-refractivity contribution in [2.75, 3.05) is 5.32 Å². The number of rotatable bonds is 5. The van der Waals surface area contributed by atoms with E-state index >= 15 is 0 Å². The summed E-state index contributed by atoms with van der Waals surface area (Å²) in [6.07, 6.45) is 9.00. The van der Waals surface area contributed by atoms with E-state index in [1.165, 1.54) is 12.1 Å². The maximum Gasteiger partial charge on any atom is 0.155 e. The van der Waals surface area contributed by atoms with Crippen LogP contribution in [0.1, 0.15) is 19.4 Å². The number of H-pyrrole nitrogens is 2. The highest BCUT2D eigenvalue weighted by Gasteiger charge is 2.16. The fraction of sp³-hybridized carbons (Fsp3) is 0.143. The van der Waals surface area contributed by atoms with E-state index in [1.54, 1.807) is 12.4 Å². The molecule has 0 fully saturated rings. The lowest BCUT2D eigenvalue weighted by molar-refractivity contribution is 0.627. The first-order valence-corrected chi connectivity index (χ1v) is 11.8. The number of hydrogen-bond acceptors (Lipinski definition) is 5. The quantitative estimate of drug-likeness (QED) is 0.263. The molecule has 0 bridgehead atoms. The van der Waals surface area contributed by atoms with Crippen molar-refractivity contribution >= 4 is 27.6 Å². The molecule has 7 nitrogen and oxygen atoms in total. The van der Waals surface area contributed by atoms with E-state index in [-0.39, 0.29) is 5.82 Å². The number of nitrogens with one attached hydrogen (secondary N) is 3. The Labute approximate surface area is 206 Å². The number of fused-ring (bicyclic) bond motifs is 2. The first-order chi connectivity index (χ1) is 17.4. The zero-order valence-corrected chi connectivity index (χ0v) is 20.1. The molecule has 0 aliphatic rings. The molecule has 0 aliphatic heterocycles. The molecule has 0 amide bonds. The third-order valence-corrected chi connectivity index (χ3v) is 6.10. The molecule has 1 aromatic carbocycles. The molecule has 8 heteroatoms. The zero-order chi connectivity index (χ0) is 24.8. The minimum absolute atomic E-state index is 0.267. The molecule has 178 valence electrons. The van der Waals surface area contributed by atoms with Crippen molar-refractivity contribution < 1.29 is 4.39 Å². The minimum atomic E-state index is -0.267. The molecule has 0 saturated carbocycles. The second kappa shape index (κ2) is 8.57. The van der Waals surface area contributed by atoms with Crippen LogP contribution in [-0.2, 0) is 0 Å². The first-order valence-electron chi connectivity index (χ1n) is 11.8. The van der Waals surface area contributed by atoms with Gasteiger partial charge in [0.2, 0.25) is 0 Å². The van der Waals surface area contributed by atoms with Crippen molar-refractivity contribution in [3.05, 3.63) is 78.8 Å². The van der Waals surface area contributed by atoms with Gasteiger partial charge in [0.15, 0.2) is 5.65 Å². The summed E-state index contributed by atoms with van der Waals surface area (Å²) in [5.74, 6) is -0.267. The number of pyridine rings is 3.